The summed E-state index contributed by atoms with van der Waals surface area (Å²) in [6.07, 6.45) is 22.9. The molecule has 8 heteroatoms. The third-order valence-electron chi connectivity index (χ3n) is 6.24. The molecule has 1 aromatic heterocycles. The first-order valence-corrected chi connectivity index (χ1v) is 15.0. The van der Waals surface area contributed by atoms with Crippen molar-refractivity contribution >= 4 is 27.2 Å². The van der Waals surface area contributed by atoms with Gasteiger partial charge in [0.2, 0.25) is 28.5 Å². The van der Waals surface area contributed by atoms with E-state index in [-0.39, 0.29) is 5.91 Å². The van der Waals surface area contributed by atoms with Gasteiger partial charge in [0.05, 0.1) is 0 Å². The SMILES string of the molecule is CCCCCCCCCCCCCCCCCC(=O)NC[n+]1cccc2ccccc21.O=S(=O)([O-])O. The summed E-state index contributed by atoms with van der Waals surface area (Å²) in [5.74, 6) is 0.162. The fraction of sp³-hybridized carbons (Fsp3) is 0.643. The van der Waals surface area contributed by atoms with Crippen LogP contribution in [-0.2, 0) is 21.9 Å². The number of nitrogens with zero attached hydrogens (tertiary/aromatic N) is 1. The number of para-hydroxylation sites is 1. The normalized spacial score (nSPS) is 11.2. The quantitative estimate of drug-likeness (QED) is 0.101. The van der Waals surface area contributed by atoms with Crippen molar-refractivity contribution in [1.82, 2.24) is 5.32 Å². The molecule has 0 saturated carbocycles. The Hall–Kier alpha value is -2.03. The molecule has 0 aliphatic carbocycles. The van der Waals surface area contributed by atoms with Gasteiger partial charge in [0.25, 0.3) is 0 Å². The lowest BCUT2D eigenvalue weighted by molar-refractivity contribution is -0.674. The minimum absolute atomic E-state index is 0.162. The zero-order chi connectivity index (χ0) is 26.5. The average molecular weight is 523 g/mol. The summed E-state index contributed by atoms with van der Waals surface area (Å²) in [6.45, 7) is 2.82. The molecular weight excluding hydrogens is 476 g/mol. The van der Waals surface area contributed by atoms with Crippen LogP contribution in [0, 0.1) is 0 Å². The van der Waals surface area contributed by atoms with Crippen LogP contribution in [-0.4, -0.2) is 23.4 Å². The van der Waals surface area contributed by atoms with Gasteiger partial charge in [0, 0.05) is 23.9 Å². The fourth-order valence-corrected chi connectivity index (χ4v) is 4.28. The van der Waals surface area contributed by atoms with Crippen molar-refractivity contribution in [2.24, 2.45) is 0 Å². The predicted octanol–water partition coefficient (Wildman–Crippen LogP) is 6.47. The number of pyridine rings is 1. The van der Waals surface area contributed by atoms with Crippen molar-refractivity contribution in [2.45, 2.75) is 116 Å². The summed E-state index contributed by atoms with van der Waals surface area (Å²) in [7, 11) is -4.92. The third-order valence-corrected chi connectivity index (χ3v) is 6.24. The Bertz CT molecular complexity index is 937. The topological polar surface area (TPSA) is 110 Å². The van der Waals surface area contributed by atoms with Gasteiger partial charge >= 0.3 is 0 Å². The van der Waals surface area contributed by atoms with Crippen LogP contribution in [0.3, 0.4) is 0 Å². The lowest BCUT2D eigenvalue weighted by Crippen LogP contribution is -2.43. The molecule has 36 heavy (non-hydrogen) atoms. The molecule has 0 bridgehead atoms. The monoisotopic (exact) mass is 522 g/mol. The number of hydrogen-bond acceptors (Lipinski definition) is 4. The van der Waals surface area contributed by atoms with Crippen LogP contribution in [0.15, 0.2) is 42.6 Å². The van der Waals surface area contributed by atoms with E-state index in [1.807, 2.05) is 24.4 Å². The zero-order valence-corrected chi connectivity index (χ0v) is 22.8. The molecule has 1 aromatic carbocycles. The Morgan fingerprint density at radius 1 is 0.806 bits per heavy atom. The highest BCUT2D eigenvalue weighted by atomic mass is 32.3. The smallest absolute Gasteiger partial charge is 0.224 e. The van der Waals surface area contributed by atoms with E-state index in [0.717, 1.165) is 11.9 Å². The van der Waals surface area contributed by atoms with Gasteiger partial charge in [0.1, 0.15) is 0 Å². The van der Waals surface area contributed by atoms with E-state index >= 15 is 0 Å². The number of aromatic nitrogens is 1. The molecule has 204 valence electrons. The van der Waals surface area contributed by atoms with Crippen LogP contribution in [0.2, 0.25) is 0 Å². The summed E-state index contributed by atoms with van der Waals surface area (Å²) < 4.78 is 34.9. The number of amides is 1. The largest absolute Gasteiger partial charge is 0.726 e. The second-order valence-electron chi connectivity index (χ2n) is 9.42. The minimum Gasteiger partial charge on any atom is -0.726 e. The van der Waals surface area contributed by atoms with E-state index in [1.54, 1.807) is 0 Å². The van der Waals surface area contributed by atoms with Gasteiger partial charge in [-0.1, -0.05) is 109 Å². The fourth-order valence-electron chi connectivity index (χ4n) is 4.28. The molecule has 0 atom stereocenters. The van der Waals surface area contributed by atoms with Gasteiger partial charge in [-0.3, -0.25) is 9.35 Å². The van der Waals surface area contributed by atoms with Crippen LogP contribution >= 0.6 is 0 Å². The van der Waals surface area contributed by atoms with Crippen molar-refractivity contribution in [1.29, 1.82) is 0 Å². The van der Waals surface area contributed by atoms with Crippen molar-refractivity contribution in [3.63, 3.8) is 0 Å². The highest BCUT2D eigenvalue weighted by molar-refractivity contribution is 7.79. The molecule has 2 rings (SSSR count). The van der Waals surface area contributed by atoms with Crippen LogP contribution in [0.4, 0.5) is 0 Å². The lowest BCUT2D eigenvalue weighted by atomic mass is 10.0. The van der Waals surface area contributed by atoms with E-state index in [9.17, 15) is 4.79 Å². The Morgan fingerprint density at radius 3 is 1.78 bits per heavy atom. The Morgan fingerprint density at radius 2 is 1.25 bits per heavy atom. The van der Waals surface area contributed by atoms with Crippen LogP contribution in [0.1, 0.15) is 110 Å². The summed E-state index contributed by atoms with van der Waals surface area (Å²) in [6, 6.07) is 12.4. The van der Waals surface area contributed by atoms with Gasteiger partial charge in [0.15, 0.2) is 6.20 Å². The summed E-state index contributed by atoms with van der Waals surface area (Å²) in [5, 5.41) is 4.26. The number of fused-ring (bicyclic) bond motifs is 1. The second-order valence-corrected chi connectivity index (χ2v) is 10.3. The van der Waals surface area contributed by atoms with Crippen molar-refractivity contribution in [3.05, 3.63) is 42.6 Å². The van der Waals surface area contributed by atoms with Crippen molar-refractivity contribution in [3.8, 4) is 0 Å². The van der Waals surface area contributed by atoms with Gasteiger partial charge in [-0.15, -0.1) is 0 Å². The van der Waals surface area contributed by atoms with Crippen molar-refractivity contribution < 1.29 is 26.9 Å². The highest BCUT2D eigenvalue weighted by Crippen LogP contribution is 2.13. The van der Waals surface area contributed by atoms with Crippen LogP contribution in [0.25, 0.3) is 10.9 Å². The lowest BCUT2D eigenvalue weighted by Gasteiger charge is -2.05. The number of carbonyl (C=O) groups excluding carboxylic acids is 1. The summed E-state index contributed by atoms with van der Waals surface area (Å²) in [5.41, 5.74) is 1.15. The first kappa shape index (κ1) is 32.0. The highest BCUT2D eigenvalue weighted by Gasteiger charge is 2.09. The zero-order valence-electron chi connectivity index (χ0n) is 22.0. The second kappa shape index (κ2) is 20.1. The molecule has 0 unspecified atom stereocenters. The van der Waals surface area contributed by atoms with Crippen LogP contribution in [0.5, 0.6) is 0 Å². The molecule has 1 amide bonds. The Balaban J connectivity index is 0.00000118. The maximum atomic E-state index is 12.2. The summed E-state index contributed by atoms with van der Waals surface area (Å²) >= 11 is 0. The average Bonchev–Trinajstić information content (AvgIpc) is 2.84. The standard InChI is InChI=1S/C28H44N2O.H2O4S/c1-2-3-4-5-6-7-8-9-10-11-12-13-14-15-16-23-28(31)29-25-30-24-19-21-26-20-17-18-22-27(26)30;1-5(2,3)4/h17-22,24H,2-16,23,25H2,1H3;(H2,1,2,3,4). The van der Waals surface area contributed by atoms with E-state index in [1.165, 1.54) is 95.3 Å². The van der Waals surface area contributed by atoms with E-state index in [4.69, 9.17) is 17.5 Å². The molecular formula is C28H46N2O5S. The van der Waals surface area contributed by atoms with Crippen LogP contribution < -0.4 is 9.88 Å². The van der Waals surface area contributed by atoms with Gasteiger partial charge in [-0.2, -0.15) is 4.57 Å². The van der Waals surface area contributed by atoms with E-state index in [2.05, 4.69) is 35.0 Å². The number of carbonyl (C=O) groups is 1. The number of unbranched alkanes of at least 4 members (excludes halogenated alkanes) is 14. The number of hydrogen-bond donors (Lipinski definition) is 2. The molecule has 2 aromatic rings. The number of benzene rings is 1. The molecule has 0 spiro atoms. The number of rotatable bonds is 18. The van der Waals surface area contributed by atoms with Crippen molar-refractivity contribution in [2.75, 3.05) is 0 Å². The number of nitrogens with one attached hydrogen (secondary N) is 1. The molecule has 1 heterocycles. The molecule has 0 saturated heterocycles. The van der Waals surface area contributed by atoms with Gasteiger partial charge in [-0.25, -0.2) is 8.42 Å². The van der Waals surface area contributed by atoms with E-state index < -0.39 is 10.4 Å². The van der Waals surface area contributed by atoms with Gasteiger partial charge in [-0.05, 0) is 18.6 Å². The van der Waals surface area contributed by atoms with Gasteiger partial charge < -0.3 is 9.87 Å². The Labute approximate surface area is 218 Å². The molecule has 0 radical (unpaired) electrons. The summed E-state index contributed by atoms with van der Waals surface area (Å²) in [4.78, 5) is 12.2. The first-order valence-electron chi connectivity index (χ1n) is 13.6. The Kier molecular flexibility index (Phi) is 17.8. The predicted molar refractivity (Wildman–Crippen MR) is 144 cm³/mol. The molecule has 0 aliphatic rings. The maximum Gasteiger partial charge on any atom is 0.224 e. The molecule has 7 nitrogen and oxygen atoms in total. The minimum atomic E-state index is -4.92. The molecule has 0 aliphatic heterocycles. The van der Waals surface area contributed by atoms with E-state index in [0.29, 0.717) is 13.1 Å². The maximum absolute atomic E-state index is 12.2. The molecule has 0 fully saturated rings. The molecule has 2 N–H and O–H groups in total. The first-order chi connectivity index (χ1) is 17.3. The third kappa shape index (κ3) is 18.3.